The molecule has 6 nitrogen and oxygen atoms in total. The zero-order valence-corrected chi connectivity index (χ0v) is 14.9. The van der Waals surface area contributed by atoms with E-state index in [1.54, 1.807) is 4.90 Å². The standard InChI is InChI=1S/C19H20F2N2O4/c1-26-19(25)15-4-2-3-9-23(15)18(24)8-7-17-22-11-16(27-17)13-6-5-12(20)10-14(13)21/h5-6,10-11,15H,2-4,7-9H2,1H3. The Hall–Kier alpha value is -2.77. The summed E-state index contributed by atoms with van der Waals surface area (Å²) in [7, 11) is 1.31. The highest BCUT2D eigenvalue weighted by Gasteiger charge is 2.32. The fraction of sp³-hybridized carbons (Fsp3) is 0.421. The van der Waals surface area contributed by atoms with Crippen LogP contribution in [0.25, 0.3) is 11.3 Å². The third-order valence-corrected chi connectivity index (χ3v) is 4.60. The van der Waals surface area contributed by atoms with E-state index in [4.69, 9.17) is 9.15 Å². The Kier molecular flexibility index (Phi) is 5.83. The summed E-state index contributed by atoms with van der Waals surface area (Å²) in [5, 5.41) is 0. The number of benzene rings is 1. The average molecular weight is 378 g/mol. The van der Waals surface area contributed by atoms with E-state index in [9.17, 15) is 18.4 Å². The molecule has 1 aromatic carbocycles. The number of hydrogen-bond acceptors (Lipinski definition) is 5. The Balaban J connectivity index is 1.64. The minimum atomic E-state index is -0.747. The summed E-state index contributed by atoms with van der Waals surface area (Å²) in [5.74, 6) is -1.58. The average Bonchev–Trinajstić information content (AvgIpc) is 3.14. The number of nitrogens with zero attached hydrogens (tertiary/aromatic N) is 2. The molecule has 3 rings (SSSR count). The van der Waals surface area contributed by atoms with Gasteiger partial charge in [0.05, 0.1) is 18.9 Å². The molecule has 8 heteroatoms. The molecule has 1 fully saturated rings. The second-order valence-corrected chi connectivity index (χ2v) is 6.36. The van der Waals surface area contributed by atoms with Crippen LogP contribution in [0.4, 0.5) is 8.78 Å². The molecular formula is C19H20F2N2O4. The predicted molar refractivity (Wildman–Crippen MR) is 91.5 cm³/mol. The second kappa shape index (κ2) is 8.28. The molecule has 0 spiro atoms. The summed E-state index contributed by atoms with van der Waals surface area (Å²) in [5.41, 5.74) is 0.100. The first kappa shape index (κ1) is 19.0. The Bertz CT molecular complexity index is 837. The van der Waals surface area contributed by atoms with E-state index in [0.29, 0.717) is 13.0 Å². The van der Waals surface area contributed by atoms with Crippen molar-refractivity contribution >= 4 is 11.9 Å². The van der Waals surface area contributed by atoms with Crippen LogP contribution in [0.3, 0.4) is 0 Å². The fourth-order valence-corrected chi connectivity index (χ4v) is 3.21. The molecule has 1 amide bonds. The van der Waals surface area contributed by atoms with Crippen LogP contribution in [-0.2, 0) is 20.7 Å². The van der Waals surface area contributed by atoms with Gasteiger partial charge in [0.2, 0.25) is 5.91 Å². The van der Waals surface area contributed by atoms with Crippen LogP contribution in [0.2, 0.25) is 0 Å². The number of rotatable bonds is 5. The molecule has 0 radical (unpaired) electrons. The van der Waals surface area contributed by atoms with E-state index in [-0.39, 0.29) is 36.0 Å². The number of likely N-dealkylation sites (tertiary alicyclic amines) is 1. The molecule has 0 N–H and O–H groups in total. The molecule has 1 unspecified atom stereocenters. The Morgan fingerprint density at radius 1 is 1.33 bits per heavy atom. The number of hydrogen-bond donors (Lipinski definition) is 0. The lowest BCUT2D eigenvalue weighted by atomic mass is 10.0. The number of carbonyl (C=O) groups excluding carboxylic acids is 2. The van der Waals surface area contributed by atoms with Crippen LogP contribution in [-0.4, -0.2) is 41.5 Å². The number of ether oxygens (including phenoxy) is 1. The molecule has 1 saturated heterocycles. The van der Waals surface area contributed by atoms with Crippen molar-refractivity contribution in [3.05, 3.63) is 41.9 Å². The third kappa shape index (κ3) is 4.32. The third-order valence-electron chi connectivity index (χ3n) is 4.60. The van der Waals surface area contributed by atoms with Crippen molar-refractivity contribution in [1.29, 1.82) is 0 Å². The van der Waals surface area contributed by atoms with Crippen molar-refractivity contribution in [3.8, 4) is 11.3 Å². The van der Waals surface area contributed by atoms with E-state index < -0.39 is 23.6 Å². The first-order valence-corrected chi connectivity index (χ1v) is 8.77. The molecule has 27 heavy (non-hydrogen) atoms. The molecule has 0 bridgehead atoms. The van der Waals surface area contributed by atoms with Crippen molar-refractivity contribution < 1.29 is 27.5 Å². The van der Waals surface area contributed by atoms with Gasteiger partial charge in [0, 0.05) is 25.5 Å². The highest BCUT2D eigenvalue weighted by atomic mass is 19.1. The second-order valence-electron chi connectivity index (χ2n) is 6.36. The number of halogens is 2. The van der Waals surface area contributed by atoms with E-state index in [1.165, 1.54) is 19.4 Å². The number of aryl methyl sites for hydroxylation is 1. The highest BCUT2D eigenvalue weighted by Crippen LogP contribution is 2.25. The number of oxazole rings is 1. The number of methoxy groups -OCH3 is 1. The molecule has 1 aliphatic heterocycles. The first-order valence-electron chi connectivity index (χ1n) is 8.77. The van der Waals surface area contributed by atoms with Crippen LogP contribution in [0.15, 0.2) is 28.8 Å². The Morgan fingerprint density at radius 2 is 2.15 bits per heavy atom. The van der Waals surface area contributed by atoms with Crippen molar-refractivity contribution in [2.24, 2.45) is 0 Å². The van der Waals surface area contributed by atoms with Gasteiger partial charge < -0.3 is 14.1 Å². The van der Waals surface area contributed by atoms with E-state index in [1.807, 2.05) is 0 Å². The van der Waals surface area contributed by atoms with Gasteiger partial charge in [0.1, 0.15) is 17.7 Å². The van der Waals surface area contributed by atoms with Gasteiger partial charge in [-0.15, -0.1) is 0 Å². The molecule has 144 valence electrons. The molecule has 1 atom stereocenters. The van der Waals surface area contributed by atoms with E-state index >= 15 is 0 Å². The maximum absolute atomic E-state index is 13.8. The number of esters is 1. The first-order chi connectivity index (χ1) is 13.0. The van der Waals surface area contributed by atoms with Crippen molar-refractivity contribution in [2.45, 2.75) is 38.1 Å². The van der Waals surface area contributed by atoms with Crippen LogP contribution >= 0.6 is 0 Å². The summed E-state index contributed by atoms with van der Waals surface area (Å²) in [4.78, 5) is 30.0. The number of piperidine rings is 1. The minimum absolute atomic E-state index is 0.100. The largest absolute Gasteiger partial charge is 0.467 e. The van der Waals surface area contributed by atoms with Crippen molar-refractivity contribution in [3.63, 3.8) is 0 Å². The topological polar surface area (TPSA) is 72.6 Å². The lowest BCUT2D eigenvalue weighted by molar-refractivity contribution is -0.154. The molecule has 0 saturated carbocycles. The van der Waals surface area contributed by atoms with E-state index in [0.717, 1.165) is 25.0 Å². The van der Waals surface area contributed by atoms with E-state index in [2.05, 4.69) is 4.98 Å². The smallest absolute Gasteiger partial charge is 0.328 e. The summed E-state index contributed by atoms with van der Waals surface area (Å²) in [6.07, 6.45) is 3.97. The maximum Gasteiger partial charge on any atom is 0.328 e. The van der Waals surface area contributed by atoms with Gasteiger partial charge in [-0.2, -0.15) is 0 Å². The SMILES string of the molecule is COC(=O)C1CCCCN1C(=O)CCc1ncc(-c2ccc(F)cc2F)o1. The summed E-state index contributed by atoms with van der Waals surface area (Å²) >= 11 is 0. The Labute approximate surface area is 155 Å². The van der Waals surface area contributed by atoms with Gasteiger partial charge >= 0.3 is 5.97 Å². The van der Waals surface area contributed by atoms with Crippen LogP contribution < -0.4 is 0 Å². The van der Waals surface area contributed by atoms with Crippen LogP contribution in [0.5, 0.6) is 0 Å². The van der Waals surface area contributed by atoms with Crippen LogP contribution in [0, 0.1) is 11.6 Å². The number of carbonyl (C=O) groups is 2. The quantitative estimate of drug-likeness (QED) is 0.748. The van der Waals surface area contributed by atoms with Gasteiger partial charge in [-0.05, 0) is 31.4 Å². The van der Waals surface area contributed by atoms with Gasteiger partial charge in [-0.3, -0.25) is 4.79 Å². The monoisotopic (exact) mass is 378 g/mol. The Morgan fingerprint density at radius 3 is 2.89 bits per heavy atom. The number of aromatic nitrogens is 1. The van der Waals surface area contributed by atoms with Crippen molar-refractivity contribution in [1.82, 2.24) is 9.88 Å². The highest BCUT2D eigenvalue weighted by molar-refractivity contribution is 5.84. The van der Waals surface area contributed by atoms with Crippen molar-refractivity contribution in [2.75, 3.05) is 13.7 Å². The van der Waals surface area contributed by atoms with Gasteiger partial charge in [-0.1, -0.05) is 0 Å². The zero-order chi connectivity index (χ0) is 19.4. The normalized spacial score (nSPS) is 17.0. The maximum atomic E-state index is 13.8. The zero-order valence-electron chi connectivity index (χ0n) is 14.9. The summed E-state index contributed by atoms with van der Waals surface area (Å²) in [6.45, 7) is 0.510. The number of amides is 1. The van der Waals surface area contributed by atoms with Gasteiger partial charge in [0.15, 0.2) is 11.7 Å². The minimum Gasteiger partial charge on any atom is -0.467 e. The van der Waals surface area contributed by atoms with Gasteiger partial charge in [-0.25, -0.2) is 18.6 Å². The predicted octanol–water partition coefficient (Wildman–Crippen LogP) is 3.11. The molecule has 2 aromatic rings. The summed E-state index contributed by atoms with van der Waals surface area (Å²) in [6, 6.07) is 2.62. The van der Waals surface area contributed by atoms with Gasteiger partial charge in [0.25, 0.3) is 0 Å². The molecule has 1 aromatic heterocycles. The summed E-state index contributed by atoms with van der Waals surface area (Å²) < 4.78 is 37.1. The lowest BCUT2D eigenvalue weighted by Gasteiger charge is -2.33. The lowest BCUT2D eigenvalue weighted by Crippen LogP contribution is -2.48. The molecular weight excluding hydrogens is 358 g/mol. The fourth-order valence-electron chi connectivity index (χ4n) is 3.21. The van der Waals surface area contributed by atoms with Crippen LogP contribution in [0.1, 0.15) is 31.6 Å². The molecule has 0 aliphatic carbocycles. The molecule has 2 heterocycles. The molecule has 1 aliphatic rings.